The van der Waals surface area contributed by atoms with Gasteiger partial charge in [-0.1, -0.05) is 36.4 Å². The van der Waals surface area contributed by atoms with Crippen molar-refractivity contribution in [2.75, 3.05) is 16.2 Å². The van der Waals surface area contributed by atoms with Crippen LogP contribution >= 0.6 is 0 Å². The Balaban J connectivity index is 1.57. The molecule has 0 saturated heterocycles. The van der Waals surface area contributed by atoms with Crippen LogP contribution in [0.3, 0.4) is 0 Å². The van der Waals surface area contributed by atoms with Gasteiger partial charge >= 0.3 is 0 Å². The summed E-state index contributed by atoms with van der Waals surface area (Å²) in [5, 5.41) is 0. The van der Waals surface area contributed by atoms with Gasteiger partial charge in [-0.05, 0) is 42.5 Å². The second-order valence-corrected chi connectivity index (χ2v) is 10.6. The number of nitrogens with one attached hydrogen (secondary N) is 2. The van der Waals surface area contributed by atoms with Crippen LogP contribution in [0.15, 0.2) is 88.7 Å². The lowest BCUT2D eigenvalue weighted by Crippen LogP contribution is -2.19. The topological polar surface area (TPSA) is 149 Å². The zero-order valence-corrected chi connectivity index (χ0v) is 19.5. The van der Waals surface area contributed by atoms with Crippen molar-refractivity contribution < 1.29 is 26.3 Å². The van der Waals surface area contributed by atoms with E-state index in [9.17, 15) is 16.8 Å². The Hall–Kier alpha value is -4.23. The number of fused-ring (bicyclic) bond motifs is 1. The molecule has 35 heavy (non-hydrogen) atoms. The van der Waals surface area contributed by atoms with Crippen LogP contribution < -0.4 is 18.9 Å². The van der Waals surface area contributed by atoms with Crippen LogP contribution in [-0.2, 0) is 20.0 Å². The third-order valence-corrected chi connectivity index (χ3v) is 7.51. The summed E-state index contributed by atoms with van der Waals surface area (Å²) in [7, 11) is -8.12. The molecule has 0 unspecified atom stereocenters. The SMILES string of the molecule is O=S(=O)(Nc1nc(NS(=O)(=O)c2ccccc2)nc(-c2ccc3c(c2)OCO3)n1)c1ccccc1. The van der Waals surface area contributed by atoms with Gasteiger partial charge < -0.3 is 9.47 Å². The number of benzene rings is 3. The second kappa shape index (κ2) is 8.85. The molecular formula is C22H17N5O6S2. The third kappa shape index (κ3) is 4.85. The Morgan fingerprint density at radius 2 is 1.14 bits per heavy atom. The first-order valence-electron chi connectivity index (χ1n) is 10.1. The van der Waals surface area contributed by atoms with Crippen LogP contribution in [0.2, 0.25) is 0 Å². The molecule has 178 valence electrons. The van der Waals surface area contributed by atoms with Crippen molar-refractivity contribution in [2.24, 2.45) is 0 Å². The molecule has 11 nitrogen and oxygen atoms in total. The van der Waals surface area contributed by atoms with Gasteiger partial charge in [-0.25, -0.2) is 26.3 Å². The van der Waals surface area contributed by atoms with Crippen LogP contribution in [0.1, 0.15) is 0 Å². The van der Waals surface area contributed by atoms with Crippen molar-refractivity contribution in [3.8, 4) is 22.9 Å². The largest absolute Gasteiger partial charge is 0.454 e. The summed E-state index contributed by atoms with van der Waals surface area (Å²) in [4.78, 5) is 12.4. The van der Waals surface area contributed by atoms with E-state index in [0.29, 0.717) is 17.1 Å². The summed E-state index contributed by atoms with van der Waals surface area (Å²) in [6.07, 6.45) is 0. The molecule has 0 saturated carbocycles. The van der Waals surface area contributed by atoms with Gasteiger partial charge in [-0.3, -0.25) is 0 Å². The van der Waals surface area contributed by atoms with Gasteiger partial charge in [0, 0.05) is 5.56 Å². The van der Waals surface area contributed by atoms with Crippen molar-refractivity contribution >= 4 is 31.9 Å². The lowest BCUT2D eigenvalue weighted by atomic mass is 10.2. The number of ether oxygens (including phenoxy) is 2. The average molecular weight is 512 g/mol. The van der Waals surface area contributed by atoms with Crippen LogP contribution in [0, 0.1) is 0 Å². The highest BCUT2D eigenvalue weighted by Crippen LogP contribution is 2.35. The van der Waals surface area contributed by atoms with Crippen LogP contribution in [-0.4, -0.2) is 38.6 Å². The van der Waals surface area contributed by atoms with Crippen LogP contribution in [0.4, 0.5) is 11.9 Å². The quantitative estimate of drug-likeness (QED) is 0.382. The van der Waals surface area contributed by atoms with E-state index in [0.717, 1.165) is 0 Å². The zero-order chi connectivity index (χ0) is 24.5. The zero-order valence-electron chi connectivity index (χ0n) is 17.8. The van der Waals surface area contributed by atoms with Crippen molar-refractivity contribution in [1.82, 2.24) is 15.0 Å². The Kier molecular flexibility index (Phi) is 5.70. The van der Waals surface area contributed by atoms with Gasteiger partial charge in [0.2, 0.25) is 18.7 Å². The molecule has 1 aliphatic rings. The van der Waals surface area contributed by atoms with Crippen molar-refractivity contribution in [2.45, 2.75) is 9.79 Å². The molecule has 0 atom stereocenters. The molecule has 5 rings (SSSR count). The van der Waals surface area contributed by atoms with Crippen molar-refractivity contribution in [3.05, 3.63) is 78.9 Å². The first-order valence-corrected chi connectivity index (χ1v) is 13.1. The third-order valence-electron chi connectivity index (χ3n) is 4.82. The average Bonchev–Trinajstić information content (AvgIpc) is 3.32. The number of sulfonamides is 2. The van der Waals surface area contributed by atoms with Crippen LogP contribution in [0.25, 0.3) is 11.4 Å². The van der Waals surface area contributed by atoms with E-state index in [4.69, 9.17) is 9.47 Å². The first kappa shape index (κ1) is 22.6. The normalized spacial score (nSPS) is 12.8. The molecule has 1 aliphatic heterocycles. The van der Waals surface area contributed by atoms with Crippen molar-refractivity contribution in [3.63, 3.8) is 0 Å². The molecule has 13 heteroatoms. The molecule has 0 radical (unpaired) electrons. The molecule has 0 fully saturated rings. The maximum atomic E-state index is 12.8. The van der Waals surface area contributed by atoms with Gasteiger partial charge in [0.15, 0.2) is 17.3 Å². The van der Waals surface area contributed by atoms with Crippen molar-refractivity contribution in [1.29, 1.82) is 0 Å². The van der Waals surface area contributed by atoms with E-state index < -0.39 is 20.0 Å². The van der Waals surface area contributed by atoms with Gasteiger partial charge in [-0.15, -0.1) is 0 Å². The molecule has 0 aliphatic carbocycles. The van der Waals surface area contributed by atoms with E-state index in [1.807, 2.05) is 0 Å². The highest BCUT2D eigenvalue weighted by atomic mass is 32.2. The maximum absolute atomic E-state index is 12.8. The predicted molar refractivity (Wildman–Crippen MR) is 126 cm³/mol. The molecule has 0 spiro atoms. The maximum Gasteiger partial charge on any atom is 0.264 e. The molecule has 4 aromatic rings. The highest BCUT2D eigenvalue weighted by molar-refractivity contribution is 7.93. The number of rotatable bonds is 7. The van der Waals surface area contributed by atoms with Gasteiger partial charge in [0.25, 0.3) is 20.0 Å². The monoisotopic (exact) mass is 511 g/mol. The summed E-state index contributed by atoms with van der Waals surface area (Å²) in [6.45, 7) is 0.0558. The predicted octanol–water partition coefficient (Wildman–Crippen LogP) is 2.87. The summed E-state index contributed by atoms with van der Waals surface area (Å²) >= 11 is 0. The lowest BCUT2D eigenvalue weighted by Gasteiger charge is -2.11. The smallest absolute Gasteiger partial charge is 0.264 e. The van der Waals surface area contributed by atoms with E-state index in [-0.39, 0.29) is 34.3 Å². The van der Waals surface area contributed by atoms with E-state index in [1.165, 1.54) is 24.3 Å². The van der Waals surface area contributed by atoms with E-state index in [2.05, 4.69) is 24.4 Å². The van der Waals surface area contributed by atoms with E-state index in [1.54, 1.807) is 54.6 Å². The number of anilines is 2. The standard InChI is InChI=1S/C22H17N5O6S2/c28-34(29,16-7-3-1-4-8-16)26-21-23-20(15-11-12-18-19(13-15)33-14-32-18)24-22(25-21)27-35(30,31)17-9-5-2-6-10-17/h1-13H,14H2,(H2,23,24,25,26,27). The Morgan fingerprint density at radius 3 is 1.69 bits per heavy atom. The van der Waals surface area contributed by atoms with Gasteiger partial charge in [-0.2, -0.15) is 15.0 Å². The summed E-state index contributed by atoms with van der Waals surface area (Å²) in [5.74, 6) is 0.234. The molecular weight excluding hydrogens is 494 g/mol. The Morgan fingerprint density at radius 1 is 0.629 bits per heavy atom. The summed E-state index contributed by atoms with van der Waals surface area (Å²) in [5.41, 5.74) is 0.428. The van der Waals surface area contributed by atoms with Gasteiger partial charge in [0.1, 0.15) is 0 Å². The number of hydrogen-bond donors (Lipinski definition) is 2. The lowest BCUT2D eigenvalue weighted by molar-refractivity contribution is 0.174. The minimum Gasteiger partial charge on any atom is -0.454 e. The Bertz CT molecular complexity index is 1510. The number of hydrogen-bond acceptors (Lipinski definition) is 9. The minimum absolute atomic E-state index is 0.00910. The molecule has 1 aromatic heterocycles. The van der Waals surface area contributed by atoms with E-state index >= 15 is 0 Å². The molecule has 2 heterocycles. The fourth-order valence-electron chi connectivity index (χ4n) is 3.19. The minimum atomic E-state index is -4.06. The highest BCUT2D eigenvalue weighted by Gasteiger charge is 2.22. The molecule has 2 N–H and O–H groups in total. The number of aromatic nitrogens is 3. The van der Waals surface area contributed by atoms with Gasteiger partial charge in [0.05, 0.1) is 9.79 Å². The molecule has 3 aromatic carbocycles. The fraction of sp³-hybridized carbons (Fsp3) is 0.0455. The first-order chi connectivity index (χ1) is 16.8. The molecule has 0 bridgehead atoms. The second-order valence-electron chi connectivity index (χ2n) is 7.21. The summed E-state index contributed by atoms with van der Waals surface area (Å²) in [6, 6.07) is 20.1. The molecule has 0 amide bonds. The Labute approximate surface area is 200 Å². The summed E-state index contributed by atoms with van der Waals surface area (Å²) < 4.78 is 66.6. The fourth-order valence-corrected chi connectivity index (χ4v) is 5.12. The number of nitrogens with zero attached hydrogens (tertiary/aromatic N) is 3. The van der Waals surface area contributed by atoms with Crippen LogP contribution in [0.5, 0.6) is 11.5 Å².